The van der Waals surface area contributed by atoms with E-state index in [2.05, 4.69) is 15.3 Å². The number of nitrogens with zero attached hydrogens (tertiary/aromatic N) is 3. The molecule has 1 aromatic heterocycles. The molecule has 1 N–H and O–H groups in total. The summed E-state index contributed by atoms with van der Waals surface area (Å²) in [5, 5.41) is 3.07. The molecular weight excluding hydrogens is 260 g/mol. The van der Waals surface area contributed by atoms with Gasteiger partial charge in [0.15, 0.2) is 0 Å². The maximum absolute atomic E-state index is 12.2. The van der Waals surface area contributed by atoms with Crippen LogP contribution in [0.5, 0.6) is 5.88 Å². The van der Waals surface area contributed by atoms with Gasteiger partial charge < -0.3 is 19.7 Å². The van der Waals surface area contributed by atoms with Gasteiger partial charge >= 0.3 is 0 Å². The van der Waals surface area contributed by atoms with E-state index in [9.17, 15) is 4.79 Å². The molecule has 1 unspecified atom stereocenters. The summed E-state index contributed by atoms with van der Waals surface area (Å²) >= 11 is 0. The number of nitrogens with one attached hydrogen (secondary N) is 1. The zero-order valence-corrected chi connectivity index (χ0v) is 11.8. The summed E-state index contributed by atoms with van der Waals surface area (Å²) in [6.45, 7) is 6.72. The normalized spacial score (nSPS) is 16.6. The molecule has 2 heterocycles. The van der Waals surface area contributed by atoms with Crippen molar-refractivity contribution in [2.75, 3.05) is 38.2 Å². The predicted octanol–water partition coefficient (Wildman–Crippen LogP) is 0.534. The first-order valence-corrected chi connectivity index (χ1v) is 6.78. The summed E-state index contributed by atoms with van der Waals surface area (Å²) in [7, 11) is 0. The van der Waals surface area contributed by atoms with E-state index >= 15 is 0 Å². The third-order valence-corrected chi connectivity index (χ3v) is 2.99. The summed E-state index contributed by atoms with van der Waals surface area (Å²) in [5.41, 5.74) is 0. The van der Waals surface area contributed by atoms with Crippen molar-refractivity contribution in [3.05, 3.63) is 12.4 Å². The molecule has 110 valence electrons. The lowest BCUT2D eigenvalue weighted by Crippen LogP contribution is -2.47. The van der Waals surface area contributed by atoms with E-state index in [0.717, 1.165) is 0 Å². The Balaban J connectivity index is 1.94. The summed E-state index contributed by atoms with van der Waals surface area (Å²) in [6.07, 6.45) is 1.42. The van der Waals surface area contributed by atoms with Crippen LogP contribution in [0.3, 0.4) is 0 Å². The Morgan fingerprint density at radius 1 is 1.50 bits per heavy atom. The zero-order valence-electron chi connectivity index (χ0n) is 11.8. The molecule has 0 aromatic carbocycles. The van der Waals surface area contributed by atoms with Crippen molar-refractivity contribution in [2.24, 2.45) is 0 Å². The van der Waals surface area contributed by atoms with Gasteiger partial charge in [-0.1, -0.05) is 0 Å². The van der Waals surface area contributed by atoms with Gasteiger partial charge in [-0.2, -0.15) is 0 Å². The van der Waals surface area contributed by atoms with Crippen LogP contribution >= 0.6 is 0 Å². The minimum absolute atomic E-state index is 0.0462. The smallest absolute Gasteiger partial charge is 0.244 e. The van der Waals surface area contributed by atoms with Crippen molar-refractivity contribution >= 4 is 11.7 Å². The molecule has 7 heteroatoms. The Bertz CT molecular complexity index is 449. The fourth-order valence-corrected chi connectivity index (χ4v) is 1.99. The summed E-state index contributed by atoms with van der Waals surface area (Å²) in [6, 6.07) is 1.34. The van der Waals surface area contributed by atoms with E-state index < -0.39 is 0 Å². The number of carbonyl (C=O) groups is 1. The second kappa shape index (κ2) is 7.04. The number of carbonyl (C=O) groups excluding carboxylic acids is 1. The van der Waals surface area contributed by atoms with Crippen LogP contribution in [0.15, 0.2) is 12.4 Å². The maximum atomic E-state index is 12.2. The second-order valence-corrected chi connectivity index (χ2v) is 4.48. The highest BCUT2D eigenvalue weighted by Gasteiger charge is 2.22. The van der Waals surface area contributed by atoms with E-state index in [4.69, 9.17) is 9.47 Å². The highest BCUT2D eigenvalue weighted by atomic mass is 16.5. The fourth-order valence-electron chi connectivity index (χ4n) is 1.99. The first-order chi connectivity index (χ1) is 9.70. The minimum atomic E-state index is -0.350. The van der Waals surface area contributed by atoms with Crippen LogP contribution < -0.4 is 10.1 Å². The number of hydrogen-bond acceptors (Lipinski definition) is 6. The Labute approximate surface area is 118 Å². The molecule has 20 heavy (non-hydrogen) atoms. The van der Waals surface area contributed by atoms with Crippen LogP contribution in [0, 0.1) is 0 Å². The van der Waals surface area contributed by atoms with Gasteiger partial charge in [0, 0.05) is 19.2 Å². The molecule has 1 amide bonds. The first-order valence-electron chi connectivity index (χ1n) is 6.78. The van der Waals surface area contributed by atoms with Crippen molar-refractivity contribution in [1.82, 2.24) is 14.9 Å². The summed E-state index contributed by atoms with van der Waals surface area (Å²) in [5.74, 6) is 1.12. The largest absolute Gasteiger partial charge is 0.478 e. The van der Waals surface area contributed by atoms with Crippen LogP contribution in [-0.2, 0) is 9.53 Å². The third-order valence-electron chi connectivity index (χ3n) is 2.99. The summed E-state index contributed by atoms with van der Waals surface area (Å²) < 4.78 is 10.5. The van der Waals surface area contributed by atoms with E-state index in [1.807, 2.05) is 13.8 Å². The van der Waals surface area contributed by atoms with E-state index in [1.165, 1.54) is 6.33 Å². The molecule has 2 rings (SSSR count). The fraction of sp³-hybridized carbons (Fsp3) is 0.615. The molecule has 0 bridgehead atoms. The molecule has 1 aliphatic rings. The topological polar surface area (TPSA) is 76.6 Å². The van der Waals surface area contributed by atoms with Crippen molar-refractivity contribution in [3.8, 4) is 5.88 Å². The molecule has 0 saturated carbocycles. The maximum Gasteiger partial charge on any atom is 0.244 e. The number of hydrogen-bond donors (Lipinski definition) is 1. The highest BCUT2D eigenvalue weighted by molar-refractivity contribution is 5.84. The minimum Gasteiger partial charge on any atom is -0.478 e. The van der Waals surface area contributed by atoms with Gasteiger partial charge in [0.05, 0.1) is 19.8 Å². The second-order valence-electron chi connectivity index (χ2n) is 4.48. The first kappa shape index (κ1) is 14.5. The van der Waals surface area contributed by atoms with Gasteiger partial charge in [-0.25, -0.2) is 9.97 Å². The third kappa shape index (κ3) is 3.80. The number of anilines is 1. The monoisotopic (exact) mass is 280 g/mol. The van der Waals surface area contributed by atoms with Crippen LogP contribution in [0.4, 0.5) is 5.82 Å². The summed E-state index contributed by atoms with van der Waals surface area (Å²) in [4.78, 5) is 22.1. The molecule has 1 saturated heterocycles. The van der Waals surface area contributed by atoms with Gasteiger partial charge in [-0.15, -0.1) is 0 Å². The molecular formula is C13H20N4O3. The van der Waals surface area contributed by atoms with Crippen molar-refractivity contribution < 1.29 is 14.3 Å². The van der Waals surface area contributed by atoms with Crippen molar-refractivity contribution in [1.29, 1.82) is 0 Å². The van der Waals surface area contributed by atoms with Gasteiger partial charge in [-0.05, 0) is 13.8 Å². The lowest BCUT2D eigenvalue weighted by molar-refractivity contribution is -0.135. The molecule has 0 aliphatic carbocycles. The Morgan fingerprint density at radius 3 is 2.95 bits per heavy atom. The van der Waals surface area contributed by atoms with Crippen LogP contribution in [0.1, 0.15) is 13.8 Å². The van der Waals surface area contributed by atoms with Gasteiger partial charge in [0.2, 0.25) is 11.8 Å². The van der Waals surface area contributed by atoms with E-state index in [-0.39, 0.29) is 11.9 Å². The molecule has 7 nitrogen and oxygen atoms in total. The van der Waals surface area contributed by atoms with E-state index in [0.29, 0.717) is 44.6 Å². The van der Waals surface area contributed by atoms with Crippen LogP contribution in [0.2, 0.25) is 0 Å². The van der Waals surface area contributed by atoms with Crippen LogP contribution in [-0.4, -0.2) is 59.7 Å². The number of aromatic nitrogens is 2. The predicted molar refractivity (Wildman–Crippen MR) is 73.7 cm³/mol. The average Bonchev–Trinajstić information content (AvgIpc) is 2.48. The Kier molecular flexibility index (Phi) is 5.11. The SMILES string of the molecule is CCOc1cc(NC(C)C(=O)N2CCOCC2)ncn1. The quantitative estimate of drug-likeness (QED) is 0.848. The van der Waals surface area contributed by atoms with Gasteiger partial charge in [0.25, 0.3) is 0 Å². The zero-order chi connectivity index (χ0) is 14.4. The standard InChI is InChI=1S/C13H20N4O3/c1-3-20-12-8-11(14-9-15-12)16-10(2)13(18)17-4-6-19-7-5-17/h8-10H,3-7H2,1-2H3,(H,14,15,16). The Hall–Kier alpha value is -1.89. The molecule has 1 aromatic rings. The van der Waals surface area contributed by atoms with Gasteiger partial charge in [0.1, 0.15) is 18.2 Å². The van der Waals surface area contributed by atoms with Gasteiger partial charge in [-0.3, -0.25) is 4.79 Å². The molecule has 1 aliphatic heterocycles. The highest BCUT2D eigenvalue weighted by Crippen LogP contribution is 2.12. The Morgan fingerprint density at radius 2 is 2.25 bits per heavy atom. The van der Waals surface area contributed by atoms with E-state index in [1.54, 1.807) is 11.0 Å². The molecule has 1 atom stereocenters. The number of rotatable bonds is 5. The van der Waals surface area contributed by atoms with Crippen molar-refractivity contribution in [2.45, 2.75) is 19.9 Å². The van der Waals surface area contributed by atoms with Crippen molar-refractivity contribution in [3.63, 3.8) is 0 Å². The lowest BCUT2D eigenvalue weighted by Gasteiger charge is -2.29. The molecule has 0 spiro atoms. The number of amides is 1. The average molecular weight is 280 g/mol. The number of ether oxygens (including phenoxy) is 2. The molecule has 0 radical (unpaired) electrons. The lowest BCUT2D eigenvalue weighted by atomic mass is 10.2. The van der Waals surface area contributed by atoms with Crippen LogP contribution in [0.25, 0.3) is 0 Å². The number of morpholine rings is 1. The molecule has 1 fully saturated rings.